The molecular formula is C19H18ClN3O4S. The van der Waals surface area contributed by atoms with Gasteiger partial charge in [0.25, 0.3) is 5.91 Å². The van der Waals surface area contributed by atoms with Crippen molar-refractivity contribution in [2.45, 2.75) is 11.4 Å². The molecule has 146 valence electrons. The molecule has 1 N–H and O–H groups in total. The number of hydrogen-bond acceptors (Lipinski definition) is 5. The Kier molecular flexibility index (Phi) is 5.83. The van der Waals surface area contributed by atoms with Gasteiger partial charge in [0.1, 0.15) is 0 Å². The Morgan fingerprint density at radius 1 is 1.14 bits per heavy atom. The van der Waals surface area contributed by atoms with E-state index in [0.717, 1.165) is 4.31 Å². The van der Waals surface area contributed by atoms with Crippen LogP contribution in [0.2, 0.25) is 5.02 Å². The lowest BCUT2D eigenvalue weighted by molar-refractivity contribution is 0.0941. The number of nitrogens with zero attached hydrogens (tertiary/aromatic N) is 2. The van der Waals surface area contributed by atoms with E-state index in [2.05, 4.69) is 10.5 Å². The van der Waals surface area contributed by atoms with Gasteiger partial charge in [-0.1, -0.05) is 47.1 Å². The van der Waals surface area contributed by atoms with E-state index < -0.39 is 15.9 Å². The topological polar surface area (TPSA) is 92.5 Å². The molecule has 0 atom stereocenters. The SMILES string of the molecule is CN(C)S(=O)(=O)c1ccccc1CNC(=O)c1cc(-c2cccc(Cl)c2)on1. The van der Waals surface area contributed by atoms with Crippen molar-refractivity contribution in [1.82, 2.24) is 14.8 Å². The maximum atomic E-state index is 12.4. The van der Waals surface area contributed by atoms with Gasteiger partial charge in [-0.15, -0.1) is 0 Å². The Hall–Kier alpha value is -2.68. The molecule has 0 fully saturated rings. The third-order valence-corrected chi connectivity index (χ3v) is 6.17. The van der Waals surface area contributed by atoms with Crippen LogP contribution in [0.15, 0.2) is 64.0 Å². The third kappa shape index (κ3) is 4.24. The zero-order valence-electron chi connectivity index (χ0n) is 15.2. The van der Waals surface area contributed by atoms with Gasteiger partial charge in [-0.25, -0.2) is 12.7 Å². The Morgan fingerprint density at radius 2 is 1.89 bits per heavy atom. The van der Waals surface area contributed by atoms with Crippen LogP contribution < -0.4 is 5.32 Å². The third-order valence-electron chi connectivity index (χ3n) is 4.02. The number of rotatable bonds is 6. The van der Waals surface area contributed by atoms with Crippen LogP contribution in [-0.2, 0) is 16.6 Å². The lowest BCUT2D eigenvalue weighted by atomic mass is 10.1. The van der Waals surface area contributed by atoms with E-state index in [9.17, 15) is 13.2 Å². The molecule has 3 rings (SSSR count). The average Bonchev–Trinajstić information content (AvgIpc) is 3.16. The second-order valence-electron chi connectivity index (χ2n) is 6.16. The molecule has 2 aromatic carbocycles. The van der Waals surface area contributed by atoms with Gasteiger partial charge < -0.3 is 9.84 Å². The highest BCUT2D eigenvalue weighted by Crippen LogP contribution is 2.23. The van der Waals surface area contributed by atoms with Crippen LogP contribution in [0, 0.1) is 0 Å². The predicted octanol–water partition coefficient (Wildman–Crippen LogP) is 3.18. The number of benzene rings is 2. The zero-order valence-corrected chi connectivity index (χ0v) is 16.8. The first-order chi connectivity index (χ1) is 13.3. The standard InChI is InChI=1S/C19H18ClN3O4S/c1-23(2)28(25,26)18-9-4-3-6-14(18)12-21-19(24)16-11-17(27-22-16)13-7-5-8-15(20)10-13/h3-11H,12H2,1-2H3,(H,21,24). The molecule has 0 unspecified atom stereocenters. The van der Waals surface area contributed by atoms with Crippen LogP contribution in [-0.4, -0.2) is 37.9 Å². The summed E-state index contributed by atoms with van der Waals surface area (Å²) in [7, 11) is -0.709. The summed E-state index contributed by atoms with van der Waals surface area (Å²) in [6.07, 6.45) is 0. The van der Waals surface area contributed by atoms with Crippen LogP contribution >= 0.6 is 11.6 Å². The number of hydrogen-bond donors (Lipinski definition) is 1. The molecule has 28 heavy (non-hydrogen) atoms. The summed E-state index contributed by atoms with van der Waals surface area (Å²) in [5, 5.41) is 6.99. The maximum Gasteiger partial charge on any atom is 0.273 e. The molecular weight excluding hydrogens is 402 g/mol. The average molecular weight is 420 g/mol. The van der Waals surface area contributed by atoms with E-state index in [4.69, 9.17) is 16.1 Å². The largest absolute Gasteiger partial charge is 0.355 e. The van der Waals surface area contributed by atoms with E-state index >= 15 is 0 Å². The smallest absolute Gasteiger partial charge is 0.273 e. The monoisotopic (exact) mass is 419 g/mol. The predicted molar refractivity (Wildman–Crippen MR) is 105 cm³/mol. The maximum absolute atomic E-state index is 12.4. The van der Waals surface area contributed by atoms with Gasteiger partial charge in [-0.2, -0.15) is 0 Å². The number of halogens is 1. The fourth-order valence-corrected chi connectivity index (χ4v) is 3.83. The number of carbonyl (C=O) groups excluding carboxylic acids is 1. The van der Waals surface area contributed by atoms with Crippen molar-refractivity contribution in [2.75, 3.05) is 14.1 Å². The number of nitrogens with one attached hydrogen (secondary N) is 1. The highest BCUT2D eigenvalue weighted by atomic mass is 35.5. The molecule has 0 bridgehead atoms. The van der Waals surface area contributed by atoms with Crippen molar-refractivity contribution in [3.05, 3.63) is 70.9 Å². The highest BCUT2D eigenvalue weighted by Gasteiger charge is 2.21. The van der Waals surface area contributed by atoms with Crippen LogP contribution in [0.25, 0.3) is 11.3 Å². The minimum Gasteiger partial charge on any atom is -0.355 e. The minimum atomic E-state index is -3.62. The van der Waals surface area contributed by atoms with Crippen LogP contribution in [0.5, 0.6) is 0 Å². The summed E-state index contributed by atoms with van der Waals surface area (Å²) in [5.74, 6) is -0.0719. The fourth-order valence-electron chi connectivity index (χ4n) is 2.52. The second-order valence-corrected chi connectivity index (χ2v) is 8.72. The summed E-state index contributed by atoms with van der Waals surface area (Å²) in [6, 6.07) is 15.0. The number of carbonyl (C=O) groups is 1. The summed E-state index contributed by atoms with van der Waals surface area (Å²) >= 11 is 5.96. The van der Waals surface area contributed by atoms with Crippen LogP contribution in [0.3, 0.4) is 0 Å². The first kappa shape index (κ1) is 20.1. The van der Waals surface area contributed by atoms with Gasteiger partial charge in [-0.05, 0) is 23.8 Å². The lowest BCUT2D eigenvalue weighted by Gasteiger charge is -2.15. The molecule has 9 heteroatoms. The second kappa shape index (κ2) is 8.14. The van der Waals surface area contributed by atoms with E-state index in [1.807, 2.05) is 0 Å². The van der Waals surface area contributed by atoms with Crippen molar-refractivity contribution in [3.8, 4) is 11.3 Å². The molecule has 0 aliphatic rings. The van der Waals surface area contributed by atoms with Crippen molar-refractivity contribution in [1.29, 1.82) is 0 Å². The molecule has 1 heterocycles. The molecule has 0 spiro atoms. The van der Waals surface area contributed by atoms with E-state index in [0.29, 0.717) is 21.9 Å². The Balaban J connectivity index is 1.76. The molecule has 0 saturated carbocycles. The normalized spacial score (nSPS) is 11.6. The van der Waals surface area contributed by atoms with Crippen molar-refractivity contribution in [2.24, 2.45) is 0 Å². The minimum absolute atomic E-state index is 0.0292. The van der Waals surface area contributed by atoms with Gasteiger partial charge in [0.2, 0.25) is 10.0 Å². The molecule has 0 aliphatic heterocycles. The Morgan fingerprint density at radius 3 is 2.61 bits per heavy atom. The van der Waals surface area contributed by atoms with Gasteiger partial charge in [0, 0.05) is 37.3 Å². The summed E-state index contributed by atoms with van der Waals surface area (Å²) < 4.78 is 31.2. The number of amides is 1. The first-order valence-electron chi connectivity index (χ1n) is 8.30. The Labute approximate surface area is 168 Å². The Bertz CT molecular complexity index is 1110. The molecule has 1 aromatic heterocycles. The van der Waals surface area contributed by atoms with Crippen LogP contribution in [0.1, 0.15) is 16.1 Å². The highest BCUT2D eigenvalue weighted by molar-refractivity contribution is 7.89. The van der Waals surface area contributed by atoms with E-state index in [1.165, 1.54) is 26.2 Å². The molecule has 1 amide bonds. The molecule has 0 saturated heterocycles. The molecule has 7 nitrogen and oxygen atoms in total. The van der Waals surface area contributed by atoms with E-state index in [-0.39, 0.29) is 17.1 Å². The van der Waals surface area contributed by atoms with E-state index in [1.54, 1.807) is 42.5 Å². The molecule has 0 aliphatic carbocycles. The van der Waals surface area contributed by atoms with Crippen molar-refractivity contribution in [3.63, 3.8) is 0 Å². The zero-order chi connectivity index (χ0) is 20.3. The van der Waals surface area contributed by atoms with Gasteiger partial charge >= 0.3 is 0 Å². The number of aromatic nitrogens is 1. The quantitative estimate of drug-likeness (QED) is 0.662. The van der Waals surface area contributed by atoms with Crippen molar-refractivity contribution < 1.29 is 17.7 Å². The summed E-state index contributed by atoms with van der Waals surface area (Å²) in [6.45, 7) is 0.0292. The molecule has 0 radical (unpaired) electrons. The summed E-state index contributed by atoms with van der Waals surface area (Å²) in [4.78, 5) is 12.5. The lowest BCUT2D eigenvalue weighted by Crippen LogP contribution is -2.27. The fraction of sp³-hybridized carbons (Fsp3) is 0.158. The first-order valence-corrected chi connectivity index (χ1v) is 10.1. The van der Waals surface area contributed by atoms with Gasteiger partial charge in [-0.3, -0.25) is 4.79 Å². The van der Waals surface area contributed by atoms with Crippen molar-refractivity contribution >= 4 is 27.5 Å². The number of sulfonamides is 1. The summed E-state index contributed by atoms with van der Waals surface area (Å²) in [5.41, 5.74) is 1.26. The van der Waals surface area contributed by atoms with Crippen LogP contribution in [0.4, 0.5) is 0 Å². The van der Waals surface area contributed by atoms with Gasteiger partial charge in [0.15, 0.2) is 11.5 Å². The van der Waals surface area contributed by atoms with Gasteiger partial charge in [0.05, 0.1) is 4.90 Å². The molecule has 3 aromatic rings.